The molecule has 0 saturated carbocycles. The summed E-state index contributed by atoms with van der Waals surface area (Å²) in [5.74, 6) is -0.569. The van der Waals surface area contributed by atoms with E-state index in [0.29, 0.717) is 18.7 Å². The zero-order valence-electron chi connectivity index (χ0n) is 23.6. The highest BCUT2D eigenvalue weighted by atomic mass is 19.4. The van der Waals surface area contributed by atoms with Crippen LogP contribution in [0.5, 0.6) is 0 Å². The number of hydrogen-bond donors (Lipinski definition) is 1. The third kappa shape index (κ3) is 6.14. The number of rotatable bonds is 4. The fourth-order valence-corrected chi connectivity index (χ4v) is 4.91. The van der Waals surface area contributed by atoms with Crippen molar-refractivity contribution in [3.8, 4) is 16.8 Å². The predicted octanol–water partition coefficient (Wildman–Crippen LogP) is 7.20. The van der Waals surface area contributed by atoms with Crippen LogP contribution in [-0.2, 0) is 17.3 Å². The van der Waals surface area contributed by atoms with E-state index >= 15 is 0 Å². The van der Waals surface area contributed by atoms with Crippen LogP contribution in [0.25, 0.3) is 16.8 Å². The zero-order chi connectivity index (χ0) is 30.2. The number of halogens is 3. The van der Waals surface area contributed by atoms with Gasteiger partial charge in [0, 0.05) is 47.6 Å². The average Bonchev–Trinajstić information content (AvgIpc) is 3.46. The lowest BCUT2D eigenvalue weighted by molar-refractivity contribution is -0.137. The molecule has 0 bridgehead atoms. The fourth-order valence-electron chi connectivity index (χ4n) is 4.91. The molecule has 2 aromatic carbocycles. The maximum absolute atomic E-state index is 13.7. The maximum Gasteiger partial charge on any atom is 0.416 e. The highest BCUT2D eigenvalue weighted by Crippen LogP contribution is 2.37. The van der Waals surface area contributed by atoms with Crippen molar-refractivity contribution in [3.63, 3.8) is 0 Å². The minimum atomic E-state index is -4.61. The van der Waals surface area contributed by atoms with Crippen molar-refractivity contribution in [2.75, 3.05) is 16.8 Å². The number of fused-ring (bicyclic) bond motifs is 1. The Morgan fingerprint density at radius 1 is 1.00 bits per heavy atom. The van der Waals surface area contributed by atoms with Gasteiger partial charge in [0.25, 0.3) is 5.91 Å². The largest absolute Gasteiger partial charge is 0.443 e. The molecule has 2 amide bonds. The standard InChI is InChI=1S/C31H30F3N5O3/c1-19-7-8-20(28(40)37-22-13-21(31(32,33)34)14-23(15-22)38-11-9-35-18-38)12-25(19)26-16-36-17-27-24(26)6-5-10-39(27)29(41)42-30(2,3)4/h7-9,11-18H,5-6,10H2,1-4H3,(H,37,40). The van der Waals surface area contributed by atoms with E-state index in [9.17, 15) is 22.8 Å². The summed E-state index contributed by atoms with van der Waals surface area (Å²) in [4.78, 5) is 36.1. The van der Waals surface area contributed by atoms with Gasteiger partial charge in [-0.1, -0.05) is 6.07 Å². The van der Waals surface area contributed by atoms with Gasteiger partial charge in [-0.15, -0.1) is 0 Å². The van der Waals surface area contributed by atoms with Crippen LogP contribution in [0.1, 0.15) is 54.2 Å². The Hall–Kier alpha value is -4.67. The molecule has 0 fully saturated rings. The predicted molar refractivity (Wildman–Crippen MR) is 153 cm³/mol. The van der Waals surface area contributed by atoms with Crippen molar-refractivity contribution in [2.24, 2.45) is 0 Å². The van der Waals surface area contributed by atoms with Crippen LogP contribution in [0.4, 0.5) is 29.3 Å². The Morgan fingerprint density at radius 2 is 1.79 bits per heavy atom. The number of aromatic nitrogens is 3. The fraction of sp³-hybridized carbons (Fsp3) is 0.290. The first-order chi connectivity index (χ1) is 19.8. The molecule has 5 rings (SSSR count). The number of ether oxygens (including phenoxy) is 1. The molecule has 11 heteroatoms. The Bertz CT molecular complexity index is 1640. The van der Waals surface area contributed by atoms with Gasteiger partial charge < -0.3 is 14.6 Å². The molecule has 1 aliphatic heterocycles. The van der Waals surface area contributed by atoms with Gasteiger partial charge in [0.1, 0.15) is 5.60 Å². The summed E-state index contributed by atoms with van der Waals surface area (Å²) in [5, 5.41) is 2.62. The lowest BCUT2D eigenvalue weighted by Crippen LogP contribution is -2.40. The van der Waals surface area contributed by atoms with Crippen molar-refractivity contribution in [1.82, 2.24) is 14.5 Å². The number of nitrogens with one attached hydrogen (secondary N) is 1. The molecular weight excluding hydrogens is 547 g/mol. The van der Waals surface area contributed by atoms with E-state index in [0.717, 1.165) is 40.8 Å². The second-order valence-corrected chi connectivity index (χ2v) is 11.1. The van der Waals surface area contributed by atoms with Gasteiger partial charge in [-0.25, -0.2) is 9.78 Å². The van der Waals surface area contributed by atoms with Crippen molar-refractivity contribution in [3.05, 3.63) is 89.8 Å². The maximum atomic E-state index is 13.7. The van der Waals surface area contributed by atoms with Crippen LogP contribution in [-0.4, -0.2) is 38.7 Å². The number of hydrogen-bond acceptors (Lipinski definition) is 5. The summed E-state index contributed by atoms with van der Waals surface area (Å²) >= 11 is 0. The molecule has 1 N–H and O–H groups in total. The van der Waals surface area contributed by atoms with E-state index < -0.39 is 29.3 Å². The molecule has 0 radical (unpaired) electrons. The van der Waals surface area contributed by atoms with Crippen LogP contribution in [0.2, 0.25) is 0 Å². The van der Waals surface area contributed by atoms with E-state index in [1.54, 1.807) is 35.5 Å². The molecule has 0 spiro atoms. The van der Waals surface area contributed by atoms with Gasteiger partial charge in [0.15, 0.2) is 0 Å². The first kappa shape index (κ1) is 28.8. The lowest BCUT2D eigenvalue weighted by atomic mass is 9.91. The van der Waals surface area contributed by atoms with E-state index in [4.69, 9.17) is 4.74 Å². The van der Waals surface area contributed by atoms with Crippen LogP contribution >= 0.6 is 0 Å². The number of carbonyl (C=O) groups is 2. The zero-order valence-corrected chi connectivity index (χ0v) is 23.6. The summed E-state index contributed by atoms with van der Waals surface area (Å²) < 4.78 is 48.0. The highest BCUT2D eigenvalue weighted by molar-refractivity contribution is 6.05. The van der Waals surface area contributed by atoms with Crippen molar-refractivity contribution >= 4 is 23.4 Å². The highest BCUT2D eigenvalue weighted by Gasteiger charge is 2.32. The summed E-state index contributed by atoms with van der Waals surface area (Å²) in [6, 6.07) is 8.44. The van der Waals surface area contributed by atoms with E-state index in [2.05, 4.69) is 15.3 Å². The molecule has 0 unspecified atom stereocenters. The minimum absolute atomic E-state index is 0.00703. The number of benzene rings is 2. The van der Waals surface area contributed by atoms with Gasteiger partial charge in [-0.05, 0) is 87.6 Å². The molecule has 4 aromatic rings. The number of nitrogens with zero attached hydrogens (tertiary/aromatic N) is 4. The summed E-state index contributed by atoms with van der Waals surface area (Å²) in [6.07, 6.45) is 4.04. The molecule has 8 nitrogen and oxygen atoms in total. The van der Waals surface area contributed by atoms with Crippen LogP contribution in [0, 0.1) is 6.92 Å². The Morgan fingerprint density at radius 3 is 2.48 bits per heavy atom. The van der Waals surface area contributed by atoms with Gasteiger partial charge in [-0.2, -0.15) is 13.2 Å². The molecule has 3 heterocycles. The van der Waals surface area contributed by atoms with Crippen molar-refractivity contribution in [2.45, 2.75) is 52.3 Å². The smallest absolute Gasteiger partial charge is 0.416 e. The minimum Gasteiger partial charge on any atom is -0.443 e. The Balaban J connectivity index is 1.48. The molecule has 0 atom stereocenters. The van der Waals surface area contributed by atoms with Gasteiger partial charge in [-0.3, -0.25) is 14.7 Å². The van der Waals surface area contributed by atoms with Crippen molar-refractivity contribution < 1.29 is 27.5 Å². The van der Waals surface area contributed by atoms with Crippen LogP contribution < -0.4 is 10.2 Å². The quantitative estimate of drug-likeness (QED) is 0.277. The Kier molecular flexibility index (Phi) is 7.53. The van der Waals surface area contributed by atoms with E-state index in [-0.39, 0.29) is 16.9 Å². The van der Waals surface area contributed by atoms with Crippen LogP contribution in [0.3, 0.4) is 0 Å². The molecule has 2 aromatic heterocycles. The first-order valence-electron chi connectivity index (χ1n) is 13.4. The monoisotopic (exact) mass is 577 g/mol. The van der Waals surface area contributed by atoms with E-state index in [1.165, 1.54) is 29.4 Å². The first-order valence-corrected chi connectivity index (χ1v) is 13.4. The normalized spacial score (nSPS) is 13.5. The molecule has 42 heavy (non-hydrogen) atoms. The molecule has 0 aliphatic carbocycles. The number of imidazole rings is 1. The Labute approximate surface area is 241 Å². The molecule has 0 saturated heterocycles. The lowest BCUT2D eigenvalue weighted by Gasteiger charge is -2.32. The summed E-state index contributed by atoms with van der Waals surface area (Å²) in [6.45, 7) is 7.81. The molecule has 218 valence electrons. The third-order valence-corrected chi connectivity index (χ3v) is 6.84. The second kappa shape index (κ2) is 11.0. The number of aryl methyl sites for hydroxylation is 1. The van der Waals surface area contributed by atoms with Crippen molar-refractivity contribution in [1.29, 1.82) is 0 Å². The van der Waals surface area contributed by atoms with Gasteiger partial charge >= 0.3 is 12.3 Å². The number of anilines is 2. The number of alkyl halides is 3. The van der Waals surface area contributed by atoms with E-state index in [1.807, 2.05) is 27.7 Å². The molecular formula is C31H30F3N5O3. The SMILES string of the molecule is Cc1ccc(C(=O)Nc2cc(-n3ccnc3)cc(C(F)(F)F)c2)cc1-c1cncc2c1CCCN2C(=O)OC(C)(C)C. The van der Waals surface area contributed by atoms with Gasteiger partial charge in [0.2, 0.25) is 0 Å². The number of amides is 2. The number of pyridine rings is 1. The average molecular weight is 578 g/mol. The molecule has 1 aliphatic rings. The van der Waals surface area contributed by atoms with Gasteiger partial charge in [0.05, 0.1) is 23.8 Å². The van der Waals surface area contributed by atoms with Crippen LogP contribution in [0.15, 0.2) is 67.5 Å². The third-order valence-electron chi connectivity index (χ3n) is 6.84. The summed E-state index contributed by atoms with van der Waals surface area (Å²) in [5.41, 5.74) is 2.85. The topological polar surface area (TPSA) is 89.4 Å². The second-order valence-electron chi connectivity index (χ2n) is 11.1. The summed E-state index contributed by atoms with van der Waals surface area (Å²) in [7, 11) is 0. The number of carbonyl (C=O) groups excluding carboxylic acids is 2.